The first kappa shape index (κ1) is 15.5. The van der Waals surface area contributed by atoms with Crippen molar-refractivity contribution < 1.29 is 19.5 Å². The van der Waals surface area contributed by atoms with Gasteiger partial charge < -0.3 is 15.7 Å². The zero-order valence-corrected chi connectivity index (χ0v) is 12.6. The van der Waals surface area contributed by atoms with E-state index < -0.39 is 5.97 Å². The van der Waals surface area contributed by atoms with E-state index in [0.717, 1.165) is 36.1 Å². The topological polar surface area (TPSA) is 95.5 Å². The molecular formula is C14H18N2O4S. The van der Waals surface area contributed by atoms with Gasteiger partial charge in [0.25, 0.3) is 0 Å². The molecule has 2 rings (SSSR count). The molecule has 0 atom stereocenters. The van der Waals surface area contributed by atoms with E-state index in [1.54, 1.807) is 0 Å². The van der Waals surface area contributed by atoms with Crippen molar-refractivity contribution >= 4 is 34.1 Å². The number of carboxylic acid groups (broad SMARTS) is 1. The van der Waals surface area contributed by atoms with Crippen LogP contribution in [0.4, 0.5) is 5.00 Å². The lowest BCUT2D eigenvalue weighted by Crippen LogP contribution is -2.25. The van der Waals surface area contributed by atoms with Crippen molar-refractivity contribution in [1.29, 1.82) is 0 Å². The van der Waals surface area contributed by atoms with Gasteiger partial charge in [0.15, 0.2) is 0 Å². The van der Waals surface area contributed by atoms with E-state index in [0.29, 0.717) is 5.00 Å². The Hall–Kier alpha value is -1.89. The Bertz CT molecular complexity index is 580. The third-order valence-electron chi connectivity index (χ3n) is 3.36. The van der Waals surface area contributed by atoms with Crippen molar-refractivity contribution in [2.75, 3.05) is 11.9 Å². The standard InChI is InChI=1S/C14H18N2O4S/c1-8(17)15-7-6-11(18)16-13-12(14(19)20)9-4-2-3-5-10(9)21-13/h2-7H2,1H3,(H,15,17)(H,16,18)(H,19,20). The minimum Gasteiger partial charge on any atom is -0.478 e. The van der Waals surface area contributed by atoms with E-state index >= 15 is 0 Å². The first-order chi connectivity index (χ1) is 9.99. The van der Waals surface area contributed by atoms with Gasteiger partial charge in [0.05, 0.1) is 5.56 Å². The highest BCUT2D eigenvalue weighted by Gasteiger charge is 2.25. The minimum absolute atomic E-state index is 0.126. The highest BCUT2D eigenvalue weighted by Crippen LogP contribution is 2.38. The van der Waals surface area contributed by atoms with Crippen LogP contribution in [0.1, 0.15) is 47.0 Å². The number of hydrogen-bond acceptors (Lipinski definition) is 4. The van der Waals surface area contributed by atoms with Crippen LogP contribution >= 0.6 is 11.3 Å². The molecule has 0 saturated heterocycles. The molecule has 6 nitrogen and oxygen atoms in total. The molecule has 0 radical (unpaired) electrons. The summed E-state index contributed by atoms with van der Waals surface area (Å²) in [5.41, 5.74) is 1.11. The number of aromatic carboxylic acids is 1. The fourth-order valence-corrected chi connectivity index (χ4v) is 3.72. The lowest BCUT2D eigenvalue weighted by molar-refractivity contribution is -0.119. The van der Waals surface area contributed by atoms with E-state index in [4.69, 9.17) is 0 Å². The smallest absolute Gasteiger partial charge is 0.339 e. The number of carboxylic acids is 1. The van der Waals surface area contributed by atoms with Crippen LogP contribution in [0.25, 0.3) is 0 Å². The molecule has 0 fully saturated rings. The van der Waals surface area contributed by atoms with E-state index in [1.165, 1.54) is 18.3 Å². The van der Waals surface area contributed by atoms with Crippen LogP contribution in [0.2, 0.25) is 0 Å². The largest absolute Gasteiger partial charge is 0.478 e. The lowest BCUT2D eigenvalue weighted by Gasteiger charge is -2.10. The van der Waals surface area contributed by atoms with Gasteiger partial charge in [-0.1, -0.05) is 0 Å². The average Bonchev–Trinajstić information content (AvgIpc) is 2.75. The van der Waals surface area contributed by atoms with Gasteiger partial charge in [-0.05, 0) is 31.2 Å². The molecule has 114 valence electrons. The summed E-state index contributed by atoms with van der Waals surface area (Å²) in [4.78, 5) is 35.1. The number of thiophene rings is 1. The summed E-state index contributed by atoms with van der Waals surface area (Å²) in [7, 11) is 0. The molecule has 1 aromatic heterocycles. The van der Waals surface area contributed by atoms with Crippen LogP contribution in [-0.2, 0) is 22.4 Å². The summed E-state index contributed by atoms with van der Waals surface area (Å²) in [5, 5.41) is 15.0. The summed E-state index contributed by atoms with van der Waals surface area (Å²) in [6.07, 6.45) is 3.81. The van der Waals surface area contributed by atoms with Gasteiger partial charge in [0, 0.05) is 24.8 Å². The number of aryl methyl sites for hydroxylation is 1. The van der Waals surface area contributed by atoms with Gasteiger partial charge in [-0.15, -0.1) is 11.3 Å². The molecule has 3 N–H and O–H groups in total. The predicted octanol–water partition coefficient (Wildman–Crippen LogP) is 1.79. The molecule has 21 heavy (non-hydrogen) atoms. The van der Waals surface area contributed by atoms with Crippen LogP contribution in [0.5, 0.6) is 0 Å². The predicted molar refractivity (Wildman–Crippen MR) is 79.9 cm³/mol. The number of rotatable bonds is 5. The van der Waals surface area contributed by atoms with E-state index in [-0.39, 0.29) is 30.3 Å². The quantitative estimate of drug-likeness (QED) is 0.772. The molecule has 0 aromatic carbocycles. The van der Waals surface area contributed by atoms with Gasteiger partial charge in [-0.25, -0.2) is 4.79 Å². The van der Waals surface area contributed by atoms with Crippen LogP contribution in [0.3, 0.4) is 0 Å². The zero-order chi connectivity index (χ0) is 15.4. The summed E-state index contributed by atoms with van der Waals surface area (Å²) >= 11 is 1.36. The normalized spacial score (nSPS) is 13.4. The Morgan fingerprint density at radius 2 is 1.95 bits per heavy atom. The zero-order valence-electron chi connectivity index (χ0n) is 11.8. The van der Waals surface area contributed by atoms with E-state index in [1.807, 2.05) is 0 Å². The fraction of sp³-hybridized carbons (Fsp3) is 0.500. The monoisotopic (exact) mass is 310 g/mol. The lowest BCUT2D eigenvalue weighted by atomic mass is 9.95. The Balaban J connectivity index is 2.09. The van der Waals surface area contributed by atoms with Gasteiger partial charge >= 0.3 is 5.97 Å². The van der Waals surface area contributed by atoms with E-state index in [9.17, 15) is 19.5 Å². The second kappa shape index (κ2) is 6.71. The first-order valence-electron chi connectivity index (χ1n) is 6.91. The molecule has 1 aromatic rings. The summed E-state index contributed by atoms with van der Waals surface area (Å²) in [6, 6.07) is 0. The maximum Gasteiger partial charge on any atom is 0.339 e. The summed E-state index contributed by atoms with van der Waals surface area (Å²) < 4.78 is 0. The Morgan fingerprint density at radius 1 is 1.24 bits per heavy atom. The van der Waals surface area contributed by atoms with Crippen LogP contribution in [-0.4, -0.2) is 29.4 Å². The third-order valence-corrected chi connectivity index (χ3v) is 4.57. The van der Waals surface area contributed by atoms with Gasteiger partial charge in [0.1, 0.15) is 5.00 Å². The highest BCUT2D eigenvalue weighted by atomic mass is 32.1. The van der Waals surface area contributed by atoms with Gasteiger partial charge in [0.2, 0.25) is 11.8 Å². The molecule has 0 spiro atoms. The highest BCUT2D eigenvalue weighted by molar-refractivity contribution is 7.17. The second-order valence-corrected chi connectivity index (χ2v) is 6.11. The Morgan fingerprint density at radius 3 is 2.62 bits per heavy atom. The first-order valence-corrected chi connectivity index (χ1v) is 7.72. The number of nitrogens with one attached hydrogen (secondary N) is 2. The molecule has 0 bridgehead atoms. The number of amides is 2. The molecule has 0 saturated carbocycles. The maximum absolute atomic E-state index is 11.8. The van der Waals surface area contributed by atoms with Crippen molar-refractivity contribution in [2.24, 2.45) is 0 Å². The number of carbonyl (C=O) groups excluding carboxylic acids is 2. The summed E-state index contributed by atoms with van der Waals surface area (Å²) in [6.45, 7) is 1.63. The van der Waals surface area contributed by atoms with E-state index in [2.05, 4.69) is 10.6 Å². The van der Waals surface area contributed by atoms with Crippen molar-refractivity contribution in [3.63, 3.8) is 0 Å². The molecule has 1 heterocycles. The average molecular weight is 310 g/mol. The van der Waals surface area contributed by atoms with Crippen LogP contribution in [0.15, 0.2) is 0 Å². The SMILES string of the molecule is CC(=O)NCCC(=O)Nc1sc2c(c1C(=O)O)CCCC2. The van der Waals surface area contributed by atoms with Crippen molar-refractivity contribution in [3.8, 4) is 0 Å². The molecule has 1 aliphatic carbocycles. The molecule has 1 aliphatic rings. The number of carbonyl (C=O) groups is 3. The van der Waals surface area contributed by atoms with Gasteiger partial charge in [-0.3, -0.25) is 9.59 Å². The van der Waals surface area contributed by atoms with Crippen molar-refractivity contribution in [2.45, 2.75) is 39.0 Å². The molecule has 0 aliphatic heterocycles. The fourth-order valence-electron chi connectivity index (χ4n) is 2.42. The number of hydrogen-bond donors (Lipinski definition) is 3. The van der Waals surface area contributed by atoms with Crippen LogP contribution in [0, 0.1) is 0 Å². The maximum atomic E-state index is 11.8. The summed E-state index contributed by atoms with van der Waals surface area (Å²) in [5.74, 6) is -1.47. The molecule has 2 amide bonds. The second-order valence-electron chi connectivity index (χ2n) is 5.00. The van der Waals surface area contributed by atoms with Gasteiger partial charge in [-0.2, -0.15) is 0 Å². The van der Waals surface area contributed by atoms with Crippen molar-refractivity contribution in [1.82, 2.24) is 5.32 Å². The Labute approximate surface area is 126 Å². The number of anilines is 1. The minimum atomic E-state index is -0.994. The van der Waals surface area contributed by atoms with Crippen LogP contribution < -0.4 is 10.6 Å². The third kappa shape index (κ3) is 3.81. The molecule has 0 unspecified atom stereocenters. The Kier molecular flexibility index (Phi) is 4.95. The number of fused-ring (bicyclic) bond motifs is 1. The molecular weight excluding hydrogens is 292 g/mol. The van der Waals surface area contributed by atoms with Crippen molar-refractivity contribution in [3.05, 3.63) is 16.0 Å². The molecule has 7 heteroatoms.